The minimum atomic E-state index is -0.278. The lowest BCUT2D eigenvalue weighted by Crippen LogP contribution is -2.21. The van der Waals surface area contributed by atoms with Crippen LogP contribution in [0.3, 0.4) is 0 Å². The maximum Gasteiger partial charge on any atom is 0.324 e. The second-order valence-electron chi connectivity index (χ2n) is 4.99. The van der Waals surface area contributed by atoms with Gasteiger partial charge in [-0.25, -0.2) is 9.78 Å². The lowest BCUT2D eigenvalue weighted by molar-refractivity contribution is 0.262. The zero-order chi connectivity index (χ0) is 14.5. The minimum absolute atomic E-state index is 0.278. The molecular formula is C16H19N3O. The molecule has 104 valence electrons. The van der Waals surface area contributed by atoms with Crippen LogP contribution >= 0.6 is 0 Å². The third-order valence-corrected chi connectivity index (χ3v) is 3.07. The van der Waals surface area contributed by atoms with Crippen LogP contribution in [-0.4, -0.2) is 11.0 Å². The molecule has 0 fully saturated rings. The van der Waals surface area contributed by atoms with Crippen molar-refractivity contribution in [3.63, 3.8) is 0 Å². The molecule has 0 saturated heterocycles. The van der Waals surface area contributed by atoms with Crippen LogP contribution in [0.5, 0.6) is 0 Å². The number of para-hydroxylation sites is 1. The average Bonchev–Trinajstić information content (AvgIpc) is 2.41. The highest BCUT2D eigenvalue weighted by Gasteiger charge is 2.10. The molecule has 20 heavy (non-hydrogen) atoms. The van der Waals surface area contributed by atoms with Crippen LogP contribution in [0.15, 0.2) is 42.6 Å². The van der Waals surface area contributed by atoms with Crippen molar-refractivity contribution in [2.24, 2.45) is 0 Å². The Hall–Kier alpha value is -2.36. The first kappa shape index (κ1) is 14.1. The highest BCUT2D eigenvalue weighted by molar-refractivity contribution is 6.00. The van der Waals surface area contributed by atoms with Crippen molar-refractivity contribution >= 4 is 17.5 Å². The number of nitrogens with zero attached hydrogens (tertiary/aromatic N) is 1. The highest BCUT2D eigenvalue weighted by Crippen LogP contribution is 2.23. The van der Waals surface area contributed by atoms with Gasteiger partial charge in [-0.05, 0) is 36.1 Å². The van der Waals surface area contributed by atoms with Gasteiger partial charge in [0.05, 0.1) is 0 Å². The van der Waals surface area contributed by atoms with Crippen LogP contribution in [0, 0.1) is 6.92 Å². The van der Waals surface area contributed by atoms with E-state index in [0.29, 0.717) is 11.7 Å². The average molecular weight is 269 g/mol. The van der Waals surface area contributed by atoms with E-state index >= 15 is 0 Å². The molecule has 0 bridgehead atoms. The number of hydrogen-bond donors (Lipinski definition) is 2. The first-order chi connectivity index (χ1) is 9.58. The molecule has 0 unspecified atom stereocenters. The SMILES string of the molecule is Cc1cccnc1NC(=O)Nc1ccccc1C(C)C. The Balaban J connectivity index is 2.11. The molecule has 0 radical (unpaired) electrons. The van der Waals surface area contributed by atoms with Gasteiger partial charge in [-0.1, -0.05) is 38.1 Å². The van der Waals surface area contributed by atoms with E-state index in [9.17, 15) is 4.79 Å². The third kappa shape index (κ3) is 3.35. The number of nitrogens with one attached hydrogen (secondary N) is 2. The van der Waals surface area contributed by atoms with Crippen LogP contribution in [0.1, 0.15) is 30.9 Å². The molecular weight excluding hydrogens is 250 g/mol. The predicted octanol–water partition coefficient (Wildman–Crippen LogP) is 4.16. The summed E-state index contributed by atoms with van der Waals surface area (Å²) in [6.45, 7) is 6.10. The zero-order valence-corrected chi connectivity index (χ0v) is 12.0. The number of benzene rings is 1. The van der Waals surface area contributed by atoms with Gasteiger partial charge in [0, 0.05) is 11.9 Å². The van der Waals surface area contributed by atoms with Gasteiger partial charge < -0.3 is 5.32 Å². The second kappa shape index (κ2) is 6.19. The van der Waals surface area contributed by atoms with Gasteiger partial charge in [0.15, 0.2) is 0 Å². The van der Waals surface area contributed by atoms with Crippen LogP contribution in [0.2, 0.25) is 0 Å². The molecule has 1 heterocycles. The van der Waals surface area contributed by atoms with Gasteiger partial charge in [-0.15, -0.1) is 0 Å². The lowest BCUT2D eigenvalue weighted by atomic mass is 10.0. The quantitative estimate of drug-likeness (QED) is 0.879. The summed E-state index contributed by atoms with van der Waals surface area (Å²) in [5.74, 6) is 0.926. The molecule has 0 saturated carbocycles. The molecule has 2 rings (SSSR count). The molecule has 0 aliphatic rings. The van der Waals surface area contributed by atoms with Gasteiger partial charge in [-0.3, -0.25) is 5.32 Å². The number of aromatic nitrogens is 1. The standard InChI is InChI=1S/C16H19N3O/c1-11(2)13-8-4-5-9-14(13)18-16(20)19-15-12(3)7-6-10-17-15/h4-11H,1-3H3,(H2,17,18,19,20). The normalized spacial score (nSPS) is 10.4. The number of aryl methyl sites for hydroxylation is 1. The molecule has 1 aromatic heterocycles. The number of rotatable bonds is 3. The van der Waals surface area contributed by atoms with Gasteiger partial charge in [0.1, 0.15) is 5.82 Å². The first-order valence-electron chi connectivity index (χ1n) is 6.66. The molecule has 0 atom stereocenters. The number of amides is 2. The topological polar surface area (TPSA) is 54.0 Å². The molecule has 2 N–H and O–H groups in total. The Bertz CT molecular complexity index is 608. The van der Waals surface area contributed by atoms with Gasteiger partial charge in [-0.2, -0.15) is 0 Å². The van der Waals surface area contributed by atoms with E-state index in [0.717, 1.165) is 16.8 Å². The molecule has 2 amide bonds. The Labute approximate surface area is 119 Å². The molecule has 4 nitrogen and oxygen atoms in total. The van der Waals surface area contributed by atoms with Crippen molar-refractivity contribution in [1.82, 2.24) is 4.98 Å². The molecule has 0 aliphatic heterocycles. The fourth-order valence-electron chi connectivity index (χ4n) is 1.99. The third-order valence-electron chi connectivity index (χ3n) is 3.07. The summed E-state index contributed by atoms with van der Waals surface area (Å²) in [5, 5.41) is 5.64. The van der Waals surface area contributed by atoms with Crippen LogP contribution < -0.4 is 10.6 Å². The first-order valence-corrected chi connectivity index (χ1v) is 6.66. The molecule has 2 aromatic rings. The van der Waals surface area contributed by atoms with E-state index in [4.69, 9.17) is 0 Å². The molecule has 4 heteroatoms. The predicted molar refractivity (Wildman–Crippen MR) is 82.1 cm³/mol. The summed E-state index contributed by atoms with van der Waals surface area (Å²) in [7, 11) is 0. The number of hydrogen-bond acceptors (Lipinski definition) is 2. The number of carbonyl (C=O) groups is 1. The molecule has 1 aromatic carbocycles. The van der Waals surface area contributed by atoms with Crippen LogP contribution in [-0.2, 0) is 0 Å². The fraction of sp³-hybridized carbons (Fsp3) is 0.250. The van der Waals surface area contributed by atoms with Crippen molar-refractivity contribution in [3.8, 4) is 0 Å². The summed E-state index contributed by atoms with van der Waals surface area (Å²) >= 11 is 0. The van der Waals surface area contributed by atoms with Crippen molar-refractivity contribution in [3.05, 3.63) is 53.7 Å². The Morgan fingerprint density at radius 3 is 2.55 bits per heavy atom. The fourth-order valence-corrected chi connectivity index (χ4v) is 1.99. The molecule has 0 spiro atoms. The second-order valence-corrected chi connectivity index (χ2v) is 4.99. The van der Waals surface area contributed by atoms with E-state index in [1.165, 1.54) is 0 Å². The Kier molecular flexibility index (Phi) is 4.35. The summed E-state index contributed by atoms with van der Waals surface area (Å²) in [4.78, 5) is 16.2. The Morgan fingerprint density at radius 2 is 1.85 bits per heavy atom. The van der Waals surface area contributed by atoms with Crippen molar-refractivity contribution in [1.29, 1.82) is 0 Å². The van der Waals surface area contributed by atoms with E-state index in [2.05, 4.69) is 29.5 Å². The number of pyridine rings is 1. The van der Waals surface area contributed by atoms with Crippen LogP contribution in [0.4, 0.5) is 16.3 Å². The minimum Gasteiger partial charge on any atom is -0.307 e. The summed E-state index contributed by atoms with van der Waals surface area (Å²) in [5.41, 5.74) is 2.87. The van der Waals surface area contributed by atoms with Gasteiger partial charge in [0.25, 0.3) is 0 Å². The Morgan fingerprint density at radius 1 is 1.10 bits per heavy atom. The summed E-state index contributed by atoms with van der Waals surface area (Å²) < 4.78 is 0. The largest absolute Gasteiger partial charge is 0.324 e. The molecule has 0 aliphatic carbocycles. The monoisotopic (exact) mass is 269 g/mol. The number of carbonyl (C=O) groups excluding carboxylic acids is 1. The summed E-state index contributed by atoms with van der Waals surface area (Å²) in [6, 6.07) is 11.3. The van der Waals surface area contributed by atoms with E-state index in [1.54, 1.807) is 6.20 Å². The lowest BCUT2D eigenvalue weighted by Gasteiger charge is -2.14. The summed E-state index contributed by atoms with van der Waals surface area (Å²) in [6.07, 6.45) is 1.66. The van der Waals surface area contributed by atoms with Crippen molar-refractivity contribution in [2.75, 3.05) is 10.6 Å². The van der Waals surface area contributed by atoms with E-state index in [-0.39, 0.29) is 6.03 Å². The van der Waals surface area contributed by atoms with Crippen LogP contribution in [0.25, 0.3) is 0 Å². The maximum absolute atomic E-state index is 12.0. The van der Waals surface area contributed by atoms with E-state index < -0.39 is 0 Å². The van der Waals surface area contributed by atoms with Gasteiger partial charge in [0.2, 0.25) is 0 Å². The van der Waals surface area contributed by atoms with Crippen molar-refractivity contribution < 1.29 is 4.79 Å². The van der Waals surface area contributed by atoms with Gasteiger partial charge >= 0.3 is 6.03 Å². The van der Waals surface area contributed by atoms with E-state index in [1.807, 2.05) is 43.3 Å². The number of urea groups is 1. The number of anilines is 2. The van der Waals surface area contributed by atoms with Crippen molar-refractivity contribution in [2.45, 2.75) is 26.7 Å². The zero-order valence-electron chi connectivity index (χ0n) is 12.0. The highest BCUT2D eigenvalue weighted by atomic mass is 16.2. The maximum atomic E-state index is 12.0. The smallest absolute Gasteiger partial charge is 0.307 e.